The Balaban J connectivity index is 1.54. The molecule has 0 aliphatic rings. The number of anilines is 1. The number of carbonyl (C=O) groups is 1. The van der Waals surface area contributed by atoms with Crippen molar-refractivity contribution in [1.29, 1.82) is 0 Å². The van der Waals surface area contributed by atoms with Gasteiger partial charge in [-0.1, -0.05) is 36.4 Å². The lowest BCUT2D eigenvalue weighted by molar-refractivity contribution is -0.117. The zero-order chi connectivity index (χ0) is 17.2. The number of carbonyl (C=O) groups excluding carboxylic acids is 1. The molecule has 124 valence electrons. The van der Waals surface area contributed by atoms with Crippen molar-refractivity contribution < 1.29 is 4.79 Å². The van der Waals surface area contributed by atoms with Crippen LogP contribution in [0.25, 0.3) is 21.8 Å². The standard InChI is InChI=1S/C20H18N4O/c21-16(11-14-12-23-17-8-2-1-7-15(14)17)20(25)24-18-9-3-5-13-6-4-10-22-19(13)18/h1-10,12,16,23H,11,21H2,(H,24,25)/t16-/m0/s1. The summed E-state index contributed by atoms with van der Waals surface area (Å²) >= 11 is 0. The maximum absolute atomic E-state index is 12.5. The van der Waals surface area contributed by atoms with Crippen LogP contribution in [0.4, 0.5) is 5.69 Å². The number of para-hydroxylation sites is 2. The number of rotatable bonds is 4. The first-order chi connectivity index (χ1) is 12.2. The first-order valence-electron chi connectivity index (χ1n) is 8.17. The van der Waals surface area contributed by atoms with Crippen molar-refractivity contribution in [3.63, 3.8) is 0 Å². The molecule has 2 aromatic carbocycles. The van der Waals surface area contributed by atoms with E-state index in [2.05, 4.69) is 15.3 Å². The molecule has 0 saturated heterocycles. The summed E-state index contributed by atoms with van der Waals surface area (Å²) in [5.74, 6) is -0.219. The van der Waals surface area contributed by atoms with Gasteiger partial charge in [0, 0.05) is 28.7 Å². The normalized spacial score (nSPS) is 12.4. The van der Waals surface area contributed by atoms with Crippen molar-refractivity contribution in [3.8, 4) is 0 Å². The predicted octanol–water partition coefficient (Wildman–Crippen LogP) is 3.22. The second kappa shape index (κ2) is 6.37. The first-order valence-corrected chi connectivity index (χ1v) is 8.17. The summed E-state index contributed by atoms with van der Waals surface area (Å²) < 4.78 is 0. The maximum atomic E-state index is 12.5. The minimum absolute atomic E-state index is 0.219. The molecule has 0 bridgehead atoms. The first kappa shape index (κ1) is 15.4. The van der Waals surface area contributed by atoms with Crippen LogP contribution >= 0.6 is 0 Å². The second-order valence-electron chi connectivity index (χ2n) is 6.04. The lowest BCUT2D eigenvalue weighted by Gasteiger charge is -2.13. The average molecular weight is 330 g/mol. The van der Waals surface area contributed by atoms with Crippen molar-refractivity contribution in [1.82, 2.24) is 9.97 Å². The summed E-state index contributed by atoms with van der Waals surface area (Å²) in [6, 6.07) is 16.9. The lowest BCUT2D eigenvalue weighted by atomic mass is 10.0. The van der Waals surface area contributed by atoms with E-state index in [0.717, 1.165) is 27.4 Å². The number of aromatic nitrogens is 2. The SMILES string of the molecule is N[C@@H](Cc1c[nH]c2ccccc12)C(=O)Nc1cccc2cccnc12. The van der Waals surface area contributed by atoms with E-state index in [0.29, 0.717) is 12.1 Å². The second-order valence-corrected chi connectivity index (χ2v) is 6.04. The minimum atomic E-state index is -0.641. The highest BCUT2D eigenvalue weighted by Gasteiger charge is 2.17. The fourth-order valence-corrected chi connectivity index (χ4v) is 3.06. The van der Waals surface area contributed by atoms with Gasteiger partial charge in [-0.3, -0.25) is 9.78 Å². The van der Waals surface area contributed by atoms with Gasteiger partial charge in [0.1, 0.15) is 0 Å². The zero-order valence-corrected chi connectivity index (χ0v) is 13.6. The van der Waals surface area contributed by atoms with Crippen LogP contribution in [0.15, 0.2) is 67.0 Å². The number of aromatic amines is 1. The summed E-state index contributed by atoms with van der Waals surface area (Å²) in [5, 5.41) is 4.98. The highest BCUT2D eigenvalue weighted by atomic mass is 16.2. The Labute approximate surface area is 144 Å². The predicted molar refractivity (Wildman–Crippen MR) is 100 cm³/mol. The molecule has 0 saturated carbocycles. The lowest BCUT2D eigenvalue weighted by Crippen LogP contribution is -2.37. The average Bonchev–Trinajstić information content (AvgIpc) is 3.05. The van der Waals surface area contributed by atoms with Crippen LogP contribution in [-0.2, 0) is 11.2 Å². The number of hydrogen-bond donors (Lipinski definition) is 3. The molecule has 0 aliphatic carbocycles. The van der Waals surface area contributed by atoms with E-state index in [-0.39, 0.29) is 5.91 Å². The Morgan fingerprint density at radius 3 is 2.88 bits per heavy atom. The van der Waals surface area contributed by atoms with Gasteiger partial charge >= 0.3 is 0 Å². The zero-order valence-electron chi connectivity index (χ0n) is 13.6. The van der Waals surface area contributed by atoms with Gasteiger partial charge in [-0.15, -0.1) is 0 Å². The van der Waals surface area contributed by atoms with Crippen molar-refractivity contribution >= 4 is 33.4 Å². The van der Waals surface area contributed by atoms with Crippen molar-refractivity contribution in [2.75, 3.05) is 5.32 Å². The van der Waals surface area contributed by atoms with Crippen molar-refractivity contribution in [2.24, 2.45) is 5.73 Å². The van der Waals surface area contributed by atoms with Crippen LogP contribution in [0.1, 0.15) is 5.56 Å². The summed E-state index contributed by atoms with van der Waals surface area (Å²) in [6.07, 6.45) is 4.09. The smallest absolute Gasteiger partial charge is 0.241 e. The van der Waals surface area contributed by atoms with E-state index >= 15 is 0 Å². The van der Waals surface area contributed by atoms with Crippen molar-refractivity contribution in [3.05, 3.63) is 72.6 Å². The third-order valence-electron chi connectivity index (χ3n) is 4.34. The number of benzene rings is 2. The molecule has 0 fully saturated rings. The molecule has 2 heterocycles. The van der Waals surface area contributed by atoms with E-state index in [1.165, 1.54) is 0 Å². The summed E-state index contributed by atoms with van der Waals surface area (Å²) in [6.45, 7) is 0. The Morgan fingerprint density at radius 1 is 1.12 bits per heavy atom. The Bertz CT molecular complexity index is 1050. The van der Waals surface area contributed by atoms with E-state index in [1.54, 1.807) is 6.20 Å². The van der Waals surface area contributed by atoms with E-state index in [4.69, 9.17) is 5.73 Å². The van der Waals surface area contributed by atoms with E-state index < -0.39 is 6.04 Å². The Hall–Kier alpha value is -3.18. The van der Waals surface area contributed by atoms with Gasteiger partial charge in [-0.2, -0.15) is 0 Å². The molecule has 1 atom stereocenters. The van der Waals surface area contributed by atoms with Gasteiger partial charge in [-0.05, 0) is 30.2 Å². The number of fused-ring (bicyclic) bond motifs is 2. The molecule has 4 aromatic rings. The maximum Gasteiger partial charge on any atom is 0.241 e. The number of pyridine rings is 1. The van der Waals surface area contributed by atoms with E-state index in [1.807, 2.05) is 60.8 Å². The third-order valence-corrected chi connectivity index (χ3v) is 4.34. The molecule has 1 amide bonds. The van der Waals surface area contributed by atoms with Crippen molar-refractivity contribution in [2.45, 2.75) is 12.5 Å². The molecule has 5 heteroatoms. The molecule has 4 N–H and O–H groups in total. The highest BCUT2D eigenvalue weighted by molar-refractivity contribution is 6.02. The third kappa shape index (κ3) is 2.97. The Kier molecular flexibility index (Phi) is 3.91. The molecule has 0 unspecified atom stereocenters. The van der Waals surface area contributed by atoms with Gasteiger partial charge in [-0.25, -0.2) is 0 Å². The number of H-pyrrole nitrogens is 1. The van der Waals surface area contributed by atoms with Gasteiger partial charge in [0.05, 0.1) is 17.2 Å². The molecule has 0 spiro atoms. The monoisotopic (exact) mass is 330 g/mol. The van der Waals surface area contributed by atoms with Crippen LogP contribution in [0.3, 0.4) is 0 Å². The number of nitrogens with two attached hydrogens (primary N) is 1. The number of amides is 1. The van der Waals surface area contributed by atoms with Gasteiger partial charge in [0.25, 0.3) is 0 Å². The Morgan fingerprint density at radius 2 is 1.96 bits per heavy atom. The molecule has 25 heavy (non-hydrogen) atoms. The molecule has 5 nitrogen and oxygen atoms in total. The number of hydrogen-bond acceptors (Lipinski definition) is 3. The van der Waals surface area contributed by atoms with Crippen LogP contribution in [0.2, 0.25) is 0 Å². The van der Waals surface area contributed by atoms with Gasteiger partial charge in [0.2, 0.25) is 5.91 Å². The van der Waals surface area contributed by atoms with Crippen LogP contribution in [-0.4, -0.2) is 21.9 Å². The van der Waals surface area contributed by atoms with Gasteiger partial charge in [0.15, 0.2) is 0 Å². The summed E-state index contributed by atoms with van der Waals surface area (Å²) in [7, 11) is 0. The highest BCUT2D eigenvalue weighted by Crippen LogP contribution is 2.22. The van der Waals surface area contributed by atoms with Gasteiger partial charge < -0.3 is 16.0 Å². The van der Waals surface area contributed by atoms with E-state index in [9.17, 15) is 4.79 Å². The number of nitrogens with zero attached hydrogens (tertiary/aromatic N) is 1. The molecule has 0 radical (unpaired) electrons. The fraction of sp³-hybridized carbons (Fsp3) is 0.100. The topological polar surface area (TPSA) is 83.8 Å². The molecule has 0 aliphatic heterocycles. The summed E-state index contributed by atoms with van der Waals surface area (Å²) in [4.78, 5) is 20.1. The fourth-order valence-electron chi connectivity index (χ4n) is 3.06. The van der Waals surface area contributed by atoms with Crippen LogP contribution in [0.5, 0.6) is 0 Å². The number of nitrogens with one attached hydrogen (secondary N) is 2. The molecule has 4 rings (SSSR count). The minimum Gasteiger partial charge on any atom is -0.361 e. The van der Waals surface area contributed by atoms with Crippen LogP contribution < -0.4 is 11.1 Å². The van der Waals surface area contributed by atoms with Crippen LogP contribution in [0, 0.1) is 0 Å². The molecular formula is C20H18N4O. The molecule has 2 aromatic heterocycles. The largest absolute Gasteiger partial charge is 0.361 e. The summed E-state index contributed by atoms with van der Waals surface area (Å²) in [5.41, 5.74) is 9.67. The molecular weight excluding hydrogens is 312 g/mol. The quantitative estimate of drug-likeness (QED) is 0.537.